The van der Waals surface area contributed by atoms with E-state index in [4.69, 9.17) is 14.2 Å². The Morgan fingerprint density at radius 3 is 0.477 bits per heavy atom. The van der Waals surface area contributed by atoms with Crippen molar-refractivity contribution in [2.75, 3.05) is 40.9 Å². The molecule has 0 aliphatic rings. The van der Waals surface area contributed by atoms with Crippen LogP contribution in [-0.4, -0.2) is 21.3 Å². The van der Waals surface area contributed by atoms with Crippen LogP contribution in [0, 0.1) is 102 Å². The molecule has 0 saturated heterocycles. The average molecular weight is 1140 g/mol. The highest BCUT2D eigenvalue weighted by Gasteiger charge is 2.22. The molecule has 0 unspecified atom stereocenters. The maximum absolute atomic E-state index is 9.95. The smallest absolute Gasteiger partial charge is 0.148 e. The fraction of sp³-hybridized carbons (Fsp3) is 0.0417. The Balaban J connectivity index is 1.18. The van der Waals surface area contributed by atoms with E-state index in [0.29, 0.717) is 33.9 Å². The van der Waals surface area contributed by atoms with Gasteiger partial charge in [-0.15, -0.1) is 0 Å². The summed E-state index contributed by atoms with van der Waals surface area (Å²) >= 11 is 0. The number of anilines is 12. The number of methoxy groups -OCH3 is 3. The molecule has 0 heterocycles. The third kappa shape index (κ3) is 12.3. The number of ether oxygens (including phenoxy) is 3. The first-order chi connectivity index (χ1) is 43.1. The molecule has 0 aliphatic heterocycles. The number of hydrogen-bond donors (Lipinski definition) is 0. The van der Waals surface area contributed by atoms with E-state index < -0.39 is 0 Å². The van der Waals surface area contributed by atoms with Crippen molar-refractivity contribution in [1.82, 2.24) is 0 Å². The van der Waals surface area contributed by atoms with Gasteiger partial charge >= 0.3 is 0 Å². The first-order valence-corrected chi connectivity index (χ1v) is 26.7. The van der Waals surface area contributed by atoms with Crippen LogP contribution in [0.4, 0.5) is 68.2 Å². The quantitative estimate of drug-likeness (QED) is 0.0724. The van der Waals surface area contributed by atoms with Crippen LogP contribution in [0.1, 0.15) is 16.7 Å². The van der Waals surface area contributed by atoms with Crippen molar-refractivity contribution in [3.63, 3.8) is 0 Å². The van der Waals surface area contributed by atoms with Crippen LogP contribution in [0.2, 0.25) is 0 Å². The largest absolute Gasteiger partial charge is 0.497 e. The van der Waals surface area contributed by atoms with E-state index in [0.717, 1.165) is 68.2 Å². The van der Waals surface area contributed by atoms with Crippen molar-refractivity contribution >= 4 is 85.0 Å². The number of allylic oxidation sites excluding steroid dienone is 6. The molecular weight excluding hydrogens is 1090 g/mol. The topological polar surface area (TPSA) is 255 Å². The van der Waals surface area contributed by atoms with E-state index in [-0.39, 0.29) is 33.4 Å². The Hall–Kier alpha value is -13.8. The Bertz CT molecular complexity index is 4040. The monoisotopic (exact) mass is 1140 g/mol. The molecule has 0 aromatic heterocycles. The molecule has 0 amide bonds. The van der Waals surface area contributed by atoms with Gasteiger partial charge in [0.1, 0.15) is 88.6 Å². The van der Waals surface area contributed by atoms with E-state index in [1.54, 1.807) is 57.7 Å². The molecule has 0 radical (unpaired) electrons. The number of rotatable bonds is 18. The molecule has 0 spiro atoms. The molecule has 9 aromatic carbocycles. The van der Waals surface area contributed by atoms with E-state index >= 15 is 0 Å². The second-order valence-corrected chi connectivity index (χ2v) is 18.9. The summed E-state index contributed by atoms with van der Waals surface area (Å²) in [6, 6.07) is 84.7. The molecular formula is C72H45N13O3. The van der Waals surface area contributed by atoms with Gasteiger partial charge in [0, 0.05) is 68.2 Å². The summed E-state index contributed by atoms with van der Waals surface area (Å²) in [5.74, 6) is 1.97. The zero-order chi connectivity index (χ0) is 62.1. The van der Waals surface area contributed by atoms with Gasteiger partial charge < -0.3 is 33.8 Å². The SMILES string of the molecule is COc1ccc(N(c2ccc(C(C#N)=C(C#N)C#N)cc2)c2ccc(N(c3ccc(N(c4ccc(OC)cc4)c4ccc(C(C#N)=C(C#N)C#N)cc4)cc3)c3ccc(N(c4ccc(OC)cc4)c4ccc(C(C#N)=C(C#N)C#N)cc4)cc3)cc2)cc1. The second-order valence-electron chi connectivity index (χ2n) is 18.9. The highest BCUT2D eigenvalue weighted by atomic mass is 16.5. The molecule has 9 rings (SSSR count). The standard InChI is InChI=1S/C72H45N13O3/c1-86-67-34-28-64(29-35-67)82(55-10-4-49(5-11-55)70(46-79)52(40-73)41-74)58-16-22-61(23-17-58)85(62-24-18-59(19-25-62)83(65-30-36-68(87-2)37-31-65)56-12-6-50(7-13-56)71(47-80)53(42-75)43-76)63-26-20-60(21-27-63)84(66-32-38-69(88-3)39-33-66)57-14-8-51(9-15-57)72(48-81)54(44-77)45-78/h4-39H,1-3H3. The van der Waals surface area contributed by atoms with Gasteiger partial charge in [-0.3, -0.25) is 0 Å². The van der Waals surface area contributed by atoms with Crippen LogP contribution < -0.4 is 33.8 Å². The lowest BCUT2D eigenvalue weighted by molar-refractivity contribution is 0.414. The molecule has 0 aliphatic carbocycles. The molecule has 0 saturated carbocycles. The predicted octanol–water partition coefficient (Wildman–Crippen LogP) is 16.6. The van der Waals surface area contributed by atoms with E-state index in [1.807, 2.05) is 251 Å². The Labute approximate surface area is 508 Å². The van der Waals surface area contributed by atoms with Crippen molar-refractivity contribution in [3.8, 4) is 71.9 Å². The van der Waals surface area contributed by atoms with Crippen molar-refractivity contribution < 1.29 is 14.2 Å². The molecule has 0 atom stereocenters. The zero-order valence-electron chi connectivity index (χ0n) is 47.3. The fourth-order valence-electron chi connectivity index (χ4n) is 9.77. The second kappa shape index (κ2) is 27.3. The first kappa shape index (κ1) is 58.9. The van der Waals surface area contributed by atoms with E-state index in [1.165, 1.54) is 0 Å². The van der Waals surface area contributed by atoms with Crippen LogP contribution in [0.15, 0.2) is 235 Å². The van der Waals surface area contributed by atoms with Crippen molar-refractivity contribution in [3.05, 3.63) is 252 Å². The number of benzene rings is 9. The molecule has 88 heavy (non-hydrogen) atoms. The molecule has 0 fully saturated rings. The highest BCUT2D eigenvalue weighted by molar-refractivity contribution is 5.90. The highest BCUT2D eigenvalue weighted by Crippen LogP contribution is 2.44. The number of hydrogen-bond acceptors (Lipinski definition) is 16. The van der Waals surface area contributed by atoms with Gasteiger partial charge in [0.25, 0.3) is 0 Å². The van der Waals surface area contributed by atoms with Gasteiger partial charge in [-0.1, -0.05) is 36.4 Å². The minimum Gasteiger partial charge on any atom is -0.497 e. The third-order valence-electron chi connectivity index (χ3n) is 14.1. The summed E-state index contributed by atoms with van der Waals surface area (Å²) < 4.78 is 16.5. The predicted molar refractivity (Wildman–Crippen MR) is 336 cm³/mol. The summed E-state index contributed by atoms with van der Waals surface area (Å²) in [4.78, 5) is 8.19. The molecule has 0 bridgehead atoms. The van der Waals surface area contributed by atoms with Crippen LogP contribution in [0.25, 0.3) is 16.7 Å². The lowest BCUT2D eigenvalue weighted by Crippen LogP contribution is -2.14. The molecule has 9 aromatic rings. The van der Waals surface area contributed by atoms with Crippen LogP contribution in [0.5, 0.6) is 17.2 Å². The Morgan fingerprint density at radius 2 is 0.352 bits per heavy atom. The lowest BCUT2D eigenvalue weighted by Gasteiger charge is -2.30. The van der Waals surface area contributed by atoms with Gasteiger partial charge in [-0.2, -0.15) is 47.4 Å². The summed E-state index contributed by atoms with van der Waals surface area (Å²) in [5.41, 5.74) is 9.43. The third-order valence-corrected chi connectivity index (χ3v) is 14.1. The van der Waals surface area contributed by atoms with Crippen molar-refractivity contribution in [2.24, 2.45) is 0 Å². The molecule has 16 nitrogen and oxygen atoms in total. The fourth-order valence-corrected chi connectivity index (χ4v) is 9.77. The van der Waals surface area contributed by atoms with Gasteiger partial charge in [-0.25, -0.2) is 0 Å². The van der Waals surface area contributed by atoms with Crippen LogP contribution >= 0.6 is 0 Å². The van der Waals surface area contributed by atoms with E-state index in [2.05, 4.69) is 4.90 Å². The molecule has 0 N–H and O–H groups in total. The normalized spacial score (nSPS) is 9.89. The van der Waals surface area contributed by atoms with E-state index in [9.17, 15) is 47.4 Å². The van der Waals surface area contributed by atoms with Crippen molar-refractivity contribution in [2.45, 2.75) is 0 Å². The summed E-state index contributed by atoms with van der Waals surface area (Å²) in [5, 5.41) is 87.4. The Kier molecular flexibility index (Phi) is 18.3. The summed E-state index contributed by atoms with van der Waals surface area (Å²) in [7, 11) is 4.78. The van der Waals surface area contributed by atoms with Crippen LogP contribution in [0.3, 0.4) is 0 Å². The lowest BCUT2D eigenvalue weighted by atomic mass is 10.0. The minimum absolute atomic E-state index is 0.0313. The van der Waals surface area contributed by atoms with Crippen LogP contribution in [-0.2, 0) is 0 Å². The molecule has 416 valence electrons. The maximum Gasteiger partial charge on any atom is 0.148 e. The van der Waals surface area contributed by atoms with Gasteiger partial charge in [0.2, 0.25) is 0 Å². The maximum atomic E-state index is 9.95. The Morgan fingerprint density at radius 1 is 0.216 bits per heavy atom. The number of nitrogens with zero attached hydrogens (tertiary/aromatic N) is 13. The van der Waals surface area contributed by atoms with Gasteiger partial charge in [0.15, 0.2) is 0 Å². The first-order valence-electron chi connectivity index (χ1n) is 26.7. The number of nitriles is 9. The summed E-state index contributed by atoms with van der Waals surface area (Å²) in [6.45, 7) is 0. The zero-order valence-corrected chi connectivity index (χ0v) is 47.3. The average Bonchev–Trinajstić information content (AvgIpc) is 2.66. The van der Waals surface area contributed by atoms with Crippen molar-refractivity contribution in [1.29, 1.82) is 47.4 Å². The molecule has 16 heteroatoms. The van der Waals surface area contributed by atoms with Gasteiger partial charge in [0.05, 0.1) is 38.0 Å². The minimum atomic E-state index is -0.288. The van der Waals surface area contributed by atoms with Gasteiger partial charge in [-0.05, 0) is 199 Å². The summed E-state index contributed by atoms with van der Waals surface area (Å²) in [6.07, 6.45) is 0.